The zero-order valence-electron chi connectivity index (χ0n) is 17.4. The molecule has 0 aliphatic heterocycles. The Kier molecular flexibility index (Phi) is 5.99. The third-order valence-electron chi connectivity index (χ3n) is 4.75. The molecule has 2 aromatic heterocycles. The summed E-state index contributed by atoms with van der Waals surface area (Å²) >= 11 is 1.43. The molecule has 0 bridgehead atoms. The van der Waals surface area contributed by atoms with Crippen LogP contribution in [0.3, 0.4) is 0 Å². The van der Waals surface area contributed by atoms with Crippen LogP contribution in [-0.2, 0) is 6.54 Å². The highest BCUT2D eigenvalue weighted by Crippen LogP contribution is 2.34. The summed E-state index contributed by atoms with van der Waals surface area (Å²) in [7, 11) is 4.72. The molecule has 0 spiro atoms. The SMILES string of the molecule is COc1ccc2nc(N(Cc3cccnc3)C(=O)c3ccc(OC)c(OC)c3)sc2c1. The van der Waals surface area contributed by atoms with Crippen LogP contribution in [0, 0.1) is 0 Å². The van der Waals surface area contributed by atoms with Crippen LogP contribution in [0.25, 0.3) is 10.2 Å². The van der Waals surface area contributed by atoms with E-state index in [0.717, 1.165) is 21.5 Å². The fourth-order valence-electron chi connectivity index (χ4n) is 3.16. The molecule has 0 fully saturated rings. The monoisotopic (exact) mass is 435 g/mol. The maximum Gasteiger partial charge on any atom is 0.260 e. The van der Waals surface area contributed by atoms with Gasteiger partial charge in [0.15, 0.2) is 16.6 Å². The number of pyridine rings is 1. The second kappa shape index (κ2) is 9.01. The number of thiazole rings is 1. The van der Waals surface area contributed by atoms with Gasteiger partial charge in [-0.25, -0.2) is 4.98 Å². The number of fused-ring (bicyclic) bond motifs is 1. The summed E-state index contributed by atoms with van der Waals surface area (Å²) < 4.78 is 16.9. The molecule has 0 atom stereocenters. The summed E-state index contributed by atoms with van der Waals surface area (Å²) in [5.74, 6) is 1.59. The van der Waals surface area contributed by atoms with Gasteiger partial charge >= 0.3 is 0 Å². The molecular weight excluding hydrogens is 414 g/mol. The average molecular weight is 436 g/mol. The molecule has 0 saturated carbocycles. The van der Waals surface area contributed by atoms with Gasteiger partial charge in [0, 0.05) is 18.0 Å². The number of anilines is 1. The Morgan fingerprint density at radius 2 is 1.84 bits per heavy atom. The molecule has 31 heavy (non-hydrogen) atoms. The van der Waals surface area contributed by atoms with E-state index in [1.807, 2.05) is 30.3 Å². The Morgan fingerprint density at radius 1 is 1.00 bits per heavy atom. The quantitative estimate of drug-likeness (QED) is 0.424. The van der Waals surface area contributed by atoms with Gasteiger partial charge in [0.1, 0.15) is 5.75 Å². The van der Waals surface area contributed by atoms with Crippen molar-refractivity contribution in [3.8, 4) is 17.2 Å². The molecule has 2 aromatic carbocycles. The minimum Gasteiger partial charge on any atom is -0.497 e. The van der Waals surface area contributed by atoms with Crippen LogP contribution in [0.5, 0.6) is 17.2 Å². The van der Waals surface area contributed by atoms with Gasteiger partial charge in [0.2, 0.25) is 0 Å². The molecule has 158 valence electrons. The lowest BCUT2D eigenvalue weighted by atomic mass is 10.1. The molecule has 4 rings (SSSR count). The van der Waals surface area contributed by atoms with E-state index < -0.39 is 0 Å². The zero-order valence-corrected chi connectivity index (χ0v) is 18.2. The maximum atomic E-state index is 13.6. The van der Waals surface area contributed by atoms with Crippen molar-refractivity contribution in [2.45, 2.75) is 6.54 Å². The third-order valence-corrected chi connectivity index (χ3v) is 5.80. The van der Waals surface area contributed by atoms with E-state index in [9.17, 15) is 4.79 Å². The molecular formula is C23H21N3O4S. The van der Waals surface area contributed by atoms with Gasteiger partial charge in [0.05, 0.1) is 38.1 Å². The average Bonchev–Trinajstić information content (AvgIpc) is 3.25. The van der Waals surface area contributed by atoms with Crippen LogP contribution in [-0.4, -0.2) is 37.2 Å². The Labute approximate surface area is 183 Å². The lowest BCUT2D eigenvalue weighted by Crippen LogP contribution is -2.30. The second-order valence-electron chi connectivity index (χ2n) is 6.65. The normalized spacial score (nSPS) is 10.7. The number of rotatable bonds is 7. The van der Waals surface area contributed by atoms with E-state index in [1.54, 1.807) is 56.8 Å². The second-order valence-corrected chi connectivity index (χ2v) is 7.66. The molecule has 0 unspecified atom stereocenters. The van der Waals surface area contributed by atoms with Crippen molar-refractivity contribution >= 4 is 32.6 Å². The maximum absolute atomic E-state index is 13.6. The highest BCUT2D eigenvalue weighted by atomic mass is 32.1. The topological polar surface area (TPSA) is 73.8 Å². The number of hydrogen-bond acceptors (Lipinski definition) is 7. The van der Waals surface area contributed by atoms with E-state index >= 15 is 0 Å². The highest BCUT2D eigenvalue weighted by Gasteiger charge is 2.23. The van der Waals surface area contributed by atoms with Crippen LogP contribution in [0.1, 0.15) is 15.9 Å². The first kappa shape index (κ1) is 20.6. The van der Waals surface area contributed by atoms with Gasteiger partial charge < -0.3 is 14.2 Å². The van der Waals surface area contributed by atoms with Crippen LogP contribution in [0.15, 0.2) is 60.9 Å². The van der Waals surface area contributed by atoms with Crippen LogP contribution < -0.4 is 19.1 Å². The summed E-state index contributed by atoms with van der Waals surface area (Å²) in [6.07, 6.45) is 3.44. The van der Waals surface area contributed by atoms with E-state index in [2.05, 4.69) is 4.98 Å². The van der Waals surface area contributed by atoms with Gasteiger partial charge in [0.25, 0.3) is 5.91 Å². The van der Waals surface area contributed by atoms with Crippen molar-refractivity contribution in [1.82, 2.24) is 9.97 Å². The van der Waals surface area contributed by atoms with Gasteiger partial charge in [-0.3, -0.25) is 14.7 Å². The molecule has 2 heterocycles. The van der Waals surface area contributed by atoms with Crippen molar-refractivity contribution in [3.05, 3.63) is 72.1 Å². The Hall–Kier alpha value is -3.65. The molecule has 7 nitrogen and oxygen atoms in total. The number of amides is 1. The van der Waals surface area contributed by atoms with E-state index in [1.165, 1.54) is 11.3 Å². The number of methoxy groups -OCH3 is 3. The predicted octanol–water partition coefficient (Wildman–Crippen LogP) is 4.56. The first-order chi connectivity index (χ1) is 15.1. The summed E-state index contributed by atoms with van der Waals surface area (Å²) in [5, 5.41) is 0.590. The minimum absolute atomic E-state index is 0.198. The fraction of sp³-hybridized carbons (Fsp3) is 0.174. The van der Waals surface area contributed by atoms with Crippen LogP contribution >= 0.6 is 11.3 Å². The predicted molar refractivity (Wildman–Crippen MR) is 120 cm³/mol. The summed E-state index contributed by atoms with van der Waals surface area (Å²) in [6, 6.07) is 14.5. The molecule has 4 aromatic rings. The summed E-state index contributed by atoms with van der Waals surface area (Å²) in [4.78, 5) is 24.1. The number of nitrogens with zero attached hydrogens (tertiary/aromatic N) is 3. The third kappa shape index (κ3) is 4.29. The number of aromatic nitrogens is 2. The number of carbonyl (C=O) groups excluding carboxylic acids is 1. The first-order valence-corrected chi connectivity index (χ1v) is 10.3. The van der Waals surface area contributed by atoms with E-state index in [-0.39, 0.29) is 5.91 Å². The fourth-order valence-corrected chi connectivity index (χ4v) is 4.15. The van der Waals surface area contributed by atoms with Gasteiger partial charge in [-0.15, -0.1) is 0 Å². The molecule has 8 heteroatoms. The van der Waals surface area contributed by atoms with E-state index in [4.69, 9.17) is 19.2 Å². The highest BCUT2D eigenvalue weighted by molar-refractivity contribution is 7.22. The van der Waals surface area contributed by atoms with Gasteiger partial charge in [-0.1, -0.05) is 17.4 Å². The van der Waals surface area contributed by atoms with Crippen molar-refractivity contribution in [1.29, 1.82) is 0 Å². The Balaban J connectivity index is 1.76. The smallest absolute Gasteiger partial charge is 0.260 e. The standard InChI is InChI=1S/C23H21N3O4S/c1-28-17-7-8-18-21(12-17)31-23(25-18)26(14-15-5-4-10-24-13-15)22(27)16-6-9-19(29-2)20(11-16)30-3/h4-13H,14H2,1-3H3. The van der Waals surface area contributed by atoms with Crippen molar-refractivity contribution in [2.24, 2.45) is 0 Å². The summed E-state index contributed by atoms with van der Waals surface area (Å²) in [5.41, 5.74) is 2.17. The van der Waals surface area contributed by atoms with Crippen molar-refractivity contribution in [2.75, 3.05) is 26.2 Å². The molecule has 0 aliphatic carbocycles. The number of benzene rings is 2. The Bertz CT molecular complexity index is 1210. The first-order valence-electron chi connectivity index (χ1n) is 9.50. The minimum atomic E-state index is -0.198. The van der Waals surface area contributed by atoms with Crippen molar-refractivity contribution < 1.29 is 19.0 Å². The van der Waals surface area contributed by atoms with Crippen LogP contribution in [0.2, 0.25) is 0 Å². The molecule has 1 amide bonds. The number of carbonyl (C=O) groups is 1. The van der Waals surface area contributed by atoms with E-state index in [0.29, 0.717) is 28.7 Å². The molecule has 0 saturated heterocycles. The van der Waals surface area contributed by atoms with Crippen molar-refractivity contribution in [3.63, 3.8) is 0 Å². The molecule has 0 radical (unpaired) electrons. The zero-order chi connectivity index (χ0) is 21.8. The lowest BCUT2D eigenvalue weighted by molar-refractivity contribution is 0.0984. The number of hydrogen-bond donors (Lipinski definition) is 0. The largest absolute Gasteiger partial charge is 0.497 e. The van der Waals surface area contributed by atoms with Gasteiger partial charge in [-0.05, 0) is 48.0 Å². The van der Waals surface area contributed by atoms with Gasteiger partial charge in [-0.2, -0.15) is 0 Å². The summed E-state index contributed by atoms with van der Waals surface area (Å²) in [6.45, 7) is 0.331. The molecule has 0 aliphatic rings. The molecule has 0 N–H and O–H groups in total. The number of ether oxygens (including phenoxy) is 3. The lowest BCUT2D eigenvalue weighted by Gasteiger charge is -2.20. The Morgan fingerprint density at radius 3 is 2.55 bits per heavy atom. The van der Waals surface area contributed by atoms with Crippen LogP contribution in [0.4, 0.5) is 5.13 Å².